The molecule has 1 atom stereocenters. The molecule has 28 heavy (non-hydrogen) atoms. The van der Waals surface area contributed by atoms with Crippen molar-refractivity contribution in [1.82, 2.24) is 14.7 Å². The molecule has 1 aromatic carbocycles. The van der Waals surface area contributed by atoms with E-state index >= 15 is 0 Å². The van der Waals surface area contributed by atoms with E-state index in [2.05, 4.69) is 12.0 Å². The number of aromatic nitrogens is 2. The van der Waals surface area contributed by atoms with E-state index in [1.54, 1.807) is 6.20 Å². The van der Waals surface area contributed by atoms with Gasteiger partial charge in [0.05, 0.1) is 18.2 Å². The Kier molecular flexibility index (Phi) is 5.60. The summed E-state index contributed by atoms with van der Waals surface area (Å²) in [6.07, 6.45) is 9.30. The van der Waals surface area contributed by atoms with Crippen LogP contribution in [-0.2, 0) is 17.6 Å². The summed E-state index contributed by atoms with van der Waals surface area (Å²) in [7, 11) is 0. The van der Waals surface area contributed by atoms with Crippen LogP contribution in [0.15, 0.2) is 59.3 Å². The van der Waals surface area contributed by atoms with Crippen LogP contribution in [0.2, 0.25) is 0 Å². The average Bonchev–Trinajstić information content (AvgIpc) is 3.36. The van der Waals surface area contributed by atoms with Gasteiger partial charge in [0.25, 0.3) is 0 Å². The van der Waals surface area contributed by atoms with Gasteiger partial charge in [0.15, 0.2) is 0 Å². The van der Waals surface area contributed by atoms with Crippen LogP contribution in [0.4, 0.5) is 0 Å². The lowest BCUT2D eigenvalue weighted by Gasteiger charge is -2.29. The highest BCUT2D eigenvalue weighted by molar-refractivity contribution is 5.79. The zero-order valence-corrected chi connectivity index (χ0v) is 16.4. The maximum atomic E-state index is 13.2. The van der Waals surface area contributed by atoms with Gasteiger partial charge in [-0.25, -0.2) is 4.68 Å². The van der Waals surface area contributed by atoms with E-state index in [0.717, 1.165) is 55.0 Å². The molecule has 146 valence electrons. The standard InChI is InChI=1S/C23H27N3O2/c1-2-20-12-13-22(28-20)21-7-4-3-5-15-25(21)23(27)17-18-8-10-19(11-9-18)26-16-6-14-24-26/h6,8-14,16,21H,2-5,7,15,17H2,1H3. The van der Waals surface area contributed by atoms with Crippen molar-refractivity contribution < 1.29 is 9.21 Å². The molecule has 0 N–H and O–H groups in total. The van der Waals surface area contributed by atoms with Crippen LogP contribution >= 0.6 is 0 Å². The van der Waals surface area contributed by atoms with Crippen LogP contribution in [-0.4, -0.2) is 27.1 Å². The monoisotopic (exact) mass is 377 g/mol. The normalized spacial score (nSPS) is 17.5. The molecule has 0 aliphatic carbocycles. The fourth-order valence-electron chi connectivity index (χ4n) is 3.93. The number of furan rings is 1. The Morgan fingerprint density at radius 2 is 2.00 bits per heavy atom. The van der Waals surface area contributed by atoms with Crippen molar-refractivity contribution in [3.63, 3.8) is 0 Å². The van der Waals surface area contributed by atoms with Crippen molar-refractivity contribution in [3.8, 4) is 5.69 Å². The molecular weight excluding hydrogens is 350 g/mol. The highest BCUT2D eigenvalue weighted by atomic mass is 16.3. The van der Waals surface area contributed by atoms with E-state index in [0.29, 0.717) is 6.42 Å². The van der Waals surface area contributed by atoms with E-state index in [1.165, 1.54) is 6.42 Å². The maximum absolute atomic E-state index is 13.2. The van der Waals surface area contributed by atoms with Gasteiger partial charge < -0.3 is 9.32 Å². The molecule has 5 nitrogen and oxygen atoms in total. The van der Waals surface area contributed by atoms with E-state index in [4.69, 9.17) is 4.42 Å². The van der Waals surface area contributed by atoms with Crippen molar-refractivity contribution in [2.75, 3.05) is 6.54 Å². The molecule has 5 heteroatoms. The highest BCUT2D eigenvalue weighted by Gasteiger charge is 2.28. The number of aryl methyl sites for hydroxylation is 1. The summed E-state index contributed by atoms with van der Waals surface area (Å²) in [5.74, 6) is 2.09. The number of carbonyl (C=O) groups excluding carboxylic acids is 1. The number of hydrogen-bond donors (Lipinski definition) is 0. The fraction of sp³-hybridized carbons (Fsp3) is 0.391. The lowest BCUT2D eigenvalue weighted by molar-refractivity contribution is -0.133. The molecule has 2 aromatic heterocycles. The van der Waals surface area contributed by atoms with Crippen molar-refractivity contribution in [2.24, 2.45) is 0 Å². The molecular formula is C23H27N3O2. The molecule has 4 rings (SSSR count). The van der Waals surface area contributed by atoms with Crippen LogP contribution in [0.3, 0.4) is 0 Å². The number of nitrogens with zero attached hydrogens (tertiary/aromatic N) is 3. The van der Waals surface area contributed by atoms with Gasteiger partial charge >= 0.3 is 0 Å². The Balaban J connectivity index is 1.49. The Bertz CT molecular complexity index is 896. The molecule has 1 aliphatic heterocycles. The lowest BCUT2D eigenvalue weighted by Crippen LogP contribution is -2.35. The molecule has 1 unspecified atom stereocenters. The van der Waals surface area contributed by atoms with Gasteiger partial charge in [0.1, 0.15) is 11.5 Å². The molecule has 1 saturated heterocycles. The van der Waals surface area contributed by atoms with Crippen molar-refractivity contribution >= 4 is 5.91 Å². The van der Waals surface area contributed by atoms with E-state index < -0.39 is 0 Å². The second kappa shape index (κ2) is 8.46. The minimum Gasteiger partial charge on any atom is -0.464 e. The van der Waals surface area contributed by atoms with Gasteiger partial charge in [-0.1, -0.05) is 31.9 Å². The largest absolute Gasteiger partial charge is 0.464 e. The molecule has 1 fully saturated rings. The summed E-state index contributed by atoms with van der Waals surface area (Å²) in [4.78, 5) is 15.2. The van der Waals surface area contributed by atoms with E-state index in [-0.39, 0.29) is 11.9 Å². The van der Waals surface area contributed by atoms with Gasteiger partial charge in [-0.05, 0) is 48.7 Å². The Morgan fingerprint density at radius 3 is 2.71 bits per heavy atom. The van der Waals surface area contributed by atoms with E-state index in [1.807, 2.05) is 58.2 Å². The van der Waals surface area contributed by atoms with Crippen LogP contribution in [0.1, 0.15) is 55.7 Å². The predicted molar refractivity (Wildman–Crippen MR) is 108 cm³/mol. The molecule has 1 aliphatic rings. The van der Waals surface area contributed by atoms with E-state index in [9.17, 15) is 4.79 Å². The summed E-state index contributed by atoms with van der Waals surface area (Å²) in [6.45, 7) is 2.89. The zero-order valence-electron chi connectivity index (χ0n) is 16.4. The minimum atomic E-state index is 0.0543. The smallest absolute Gasteiger partial charge is 0.227 e. The average molecular weight is 377 g/mol. The lowest BCUT2D eigenvalue weighted by atomic mass is 10.1. The highest BCUT2D eigenvalue weighted by Crippen LogP contribution is 2.32. The molecule has 0 spiro atoms. The summed E-state index contributed by atoms with van der Waals surface area (Å²) < 4.78 is 7.83. The van der Waals surface area contributed by atoms with Gasteiger partial charge in [0, 0.05) is 25.4 Å². The minimum absolute atomic E-state index is 0.0543. The van der Waals surface area contributed by atoms with Crippen LogP contribution < -0.4 is 0 Å². The van der Waals surface area contributed by atoms with Crippen molar-refractivity contribution in [3.05, 3.63) is 71.9 Å². The first-order valence-corrected chi connectivity index (χ1v) is 10.2. The van der Waals surface area contributed by atoms with Gasteiger partial charge in [-0.15, -0.1) is 0 Å². The third-order valence-electron chi connectivity index (χ3n) is 5.49. The quantitative estimate of drug-likeness (QED) is 0.647. The summed E-state index contributed by atoms with van der Waals surface area (Å²) in [6, 6.07) is 14.1. The first-order valence-electron chi connectivity index (χ1n) is 10.2. The number of hydrogen-bond acceptors (Lipinski definition) is 3. The molecule has 3 aromatic rings. The molecule has 1 amide bonds. The van der Waals surface area contributed by atoms with Gasteiger partial charge in [-0.2, -0.15) is 5.10 Å². The molecule has 0 radical (unpaired) electrons. The number of carbonyl (C=O) groups is 1. The molecule has 3 heterocycles. The maximum Gasteiger partial charge on any atom is 0.227 e. The van der Waals surface area contributed by atoms with Gasteiger partial charge in [-0.3, -0.25) is 4.79 Å². The predicted octanol–water partition coefficient (Wildman–Crippen LogP) is 4.71. The second-order valence-corrected chi connectivity index (χ2v) is 7.40. The Morgan fingerprint density at radius 1 is 1.14 bits per heavy atom. The summed E-state index contributed by atoms with van der Waals surface area (Å²) in [5.41, 5.74) is 2.02. The second-order valence-electron chi connectivity index (χ2n) is 7.40. The van der Waals surface area contributed by atoms with Crippen molar-refractivity contribution in [2.45, 2.75) is 51.5 Å². The molecule has 0 bridgehead atoms. The summed E-state index contributed by atoms with van der Waals surface area (Å²) >= 11 is 0. The number of benzene rings is 1. The Labute approximate surface area is 166 Å². The fourth-order valence-corrected chi connectivity index (χ4v) is 3.93. The SMILES string of the molecule is CCc1ccc(C2CCCCCN2C(=O)Cc2ccc(-n3cccn3)cc2)o1. The first-order chi connectivity index (χ1) is 13.7. The number of likely N-dealkylation sites (tertiary alicyclic amines) is 1. The Hall–Kier alpha value is -2.82. The first kappa shape index (κ1) is 18.5. The third kappa shape index (κ3) is 4.03. The summed E-state index contributed by atoms with van der Waals surface area (Å²) in [5, 5.41) is 4.24. The van der Waals surface area contributed by atoms with Crippen LogP contribution in [0.25, 0.3) is 5.69 Å². The molecule has 0 saturated carbocycles. The van der Waals surface area contributed by atoms with Crippen LogP contribution in [0, 0.1) is 0 Å². The topological polar surface area (TPSA) is 51.3 Å². The number of amides is 1. The van der Waals surface area contributed by atoms with Crippen molar-refractivity contribution in [1.29, 1.82) is 0 Å². The third-order valence-corrected chi connectivity index (χ3v) is 5.49. The zero-order chi connectivity index (χ0) is 19.3. The number of rotatable bonds is 5. The van der Waals surface area contributed by atoms with Gasteiger partial charge in [0.2, 0.25) is 5.91 Å². The van der Waals surface area contributed by atoms with Crippen LogP contribution in [0.5, 0.6) is 0 Å².